The maximum atomic E-state index is 6.26. The van der Waals surface area contributed by atoms with Crippen LogP contribution in [0.1, 0.15) is 47.5 Å². The Morgan fingerprint density at radius 2 is 1.53 bits per heavy atom. The molecule has 1 atom stereocenters. The minimum Gasteiger partial charge on any atom is -0.182 e. The molecule has 0 aliphatic carbocycles. The average Bonchev–Trinajstić information content (AvgIpc) is 2.01. The summed E-state index contributed by atoms with van der Waals surface area (Å²) in [5.41, 5.74) is -0.428. The number of hydrogen-bond acceptors (Lipinski definition) is 1. The Morgan fingerprint density at radius 1 is 1.13 bits per heavy atom. The molecule has 0 nitrogen and oxygen atoms in total. The third kappa shape index (κ3) is 3.25. The third-order valence-electron chi connectivity index (χ3n) is 3.55. The van der Waals surface area contributed by atoms with Crippen LogP contribution in [0.3, 0.4) is 0 Å². The largest absolute Gasteiger partial charge is 0.182 e. The van der Waals surface area contributed by atoms with Crippen molar-refractivity contribution >= 4 is 36.2 Å². The van der Waals surface area contributed by atoms with Gasteiger partial charge in [0, 0.05) is 0 Å². The molecule has 0 saturated carbocycles. The van der Waals surface area contributed by atoms with Gasteiger partial charge in [-0.15, -0.1) is 0 Å². The van der Waals surface area contributed by atoms with Crippen LogP contribution in [0.2, 0.25) is 5.21 Å². The maximum Gasteiger partial charge on any atom is 0.0896 e. The van der Waals surface area contributed by atoms with E-state index in [2.05, 4.69) is 26.5 Å². The van der Waals surface area contributed by atoms with E-state index >= 15 is 0 Å². The highest BCUT2D eigenvalue weighted by Crippen LogP contribution is 2.53. The minimum atomic E-state index is -0.793. The topological polar surface area (TPSA) is 0 Å². The van der Waals surface area contributed by atoms with E-state index in [-0.39, 0.29) is 0 Å². The Hall–Kier alpha value is 0.545. The van der Waals surface area contributed by atoms with Crippen LogP contribution in [-0.4, -0.2) is 28.2 Å². The molecule has 0 aliphatic heterocycles. The Labute approximate surface area is 105 Å². The summed E-state index contributed by atoms with van der Waals surface area (Å²) < 4.78 is -0.652. The zero-order valence-corrected chi connectivity index (χ0v) is 11.6. The van der Waals surface area contributed by atoms with Crippen molar-refractivity contribution in [2.45, 2.75) is 57.3 Å². The normalized spacial score (nSPS) is 17.8. The van der Waals surface area contributed by atoms with Crippen LogP contribution in [-0.2, 0) is 0 Å². The van der Waals surface area contributed by atoms with Gasteiger partial charge in [-0.3, -0.25) is 0 Å². The van der Waals surface area contributed by atoms with Gasteiger partial charge >= 0.3 is 0 Å². The Morgan fingerprint density at radius 3 is 1.80 bits per heavy atom. The van der Waals surface area contributed by atoms with Gasteiger partial charge in [0.15, 0.2) is 0 Å². The molecular weight excluding hydrogens is 197 g/mol. The molecule has 0 fully saturated rings. The van der Waals surface area contributed by atoms with Gasteiger partial charge in [-0.25, -0.2) is 0 Å². The predicted molar refractivity (Wildman–Crippen MR) is 75.2 cm³/mol. The summed E-state index contributed by atoms with van der Waals surface area (Å²) in [5.74, 6) is 0.472. The molecule has 0 aromatic rings. The molecule has 1 unspecified atom stereocenters. The Bertz CT molecular complexity index is 210. The van der Waals surface area contributed by atoms with Gasteiger partial charge in [0.2, 0.25) is 0 Å². The number of rotatable bonds is 5. The van der Waals surface area contributed by atoms with Gasteiger partial charge < -0.3 is 0 Å². The van der Waals surface area contributed by atoms with Gasteiger partial charge in [-0.05, 0) is 22.4 Å². The average molecular weight is 218 g/mol. The van der Waals surface area contributed by atoms with Crippen molar-refractivity contribution < 1.29 is 0 Å². The van der Waals surface area contributed by atoms with E-state index in [0.29, 0.717) is 12.3 Å². The predicted octanol–water partition coefficient (Wildman–Crippen LogP) is 2.72. The van der Waals surface area contributed by atoms with Crippen LogP contribution in [0.15, 0.2) is 0 Å². The summed E-state index contributed by atoms with van der Waals surface area (Å²) in [6, 6.07) is 0. The third-order valence-corrected chi connectivity index (χ3v) is 4.29. The van der Waals surface area contributed by atoms with Crippen molar-refractivity contribution in [3.05, 3.63) is 0 Å². The lowest BCUT2D eigenvalue weighted by molar-refractivity contribution is 0.240. The second-order valence-electron chi connectivity index (χ2n) is 5.54. The van der Waals surface area contributed by atoms with Crippen molar-refractivity contribution in [1.82, 2.24) is 0 Å². The molecule has 0 spiro atoms. The fraction of sp³-hybridized carbons (Fsp3) is 1.00. The molecule has 0 bridgehead atoms. The van der Waals surface area contributed by atoms with Gasteiger partial charge in [0.25, 0.3) is 0 Å². The second kappa shape index (κ2) is 4.81. The summed E-state index contributed by atoms with van der Waals surface area (Å²) >= 11 is 4.57. The fourth-order valence-electron chi connectivity index (χ4n) is 1.72. The summed E-state index contributed by atoms with van der Waals surface area (Å²) in [5, 5.41) is -0.793. The maximum absolute atomic E-state index is 6.26. The molecule has 6 radical (unpaired) electrons. The van der Waals surface area contributed by atoms with Crippen LogP contribution in [0.25, 0.3) is 0 Å². The van der Waals surface area contributed by atoms with Crippen LogP contribution in [0.4, 0.5) is 0 Å². The molecule has 0 aliphatic rings. The summed E-state index contributed by atoms with van der Waals surface area (Å²) in [7, 11) is 18.5. The first-order valence-corrected chi connectivity index (χ1v) is 6.01. The molecule has 0 saturated heterocycles. The van der Waals surface area contributed by atoms with Gasteiger partial charge in [-0.2, -0.15) is 12.6 Å². The first-order valence-electron chi connectivity index (χ1n) is 5.57. The highest BCUT2D eigenvalue weighted by atomic mass is 32.1. The molecule has 80 valence electrons. The molecule has 0 aromatic heterocycles. The molecule has 0 rings (SSSR count). The van der Waals surface area contributed by atoms with Crippen LogP contribution in [0, 0.1) is 11.3 Å². The highest BCUT2D eigenvalue weighted by Gasteiger charge is 2.46. The van der Waals surface area contributed by atoms with Crippen molar-refractivity contribution in [3.8, 4) is 0 Å². The lowest BCUT2D eigenvalue weighted by Gasteiger charge is -2.53. The zero-order valence-electron chi connectivity index (χ0n) is 10.7. The molecule has 0 N–H and O–H groups in total. The van der Waals surface area contributed by atoms with E-state index < -0.39 is 15.3 Å². The van der Waals surface area contributed by atoms with Gasteiger partial charge in [0.1, 0.15) is 0 Å². The monoisotopic (exact) mass is 218 g/mol. The van der Waals surface area contributed by atoms with Gasteiger partial charge in [-0.1, -0.05) is 46.3 Å². The summed E-state index contributed by atoms with van der Waals surface area (Å²) in [4.78, 5) is 0. The minimum absolute atomic E-state index is 0.428. The molecular formula is C11H21B3S. The van der Waals surface area contributed by atoms with E-state index in [1.54, 1.807) is 0 Å². The Kier molecular flexibility index (Phi) is 4.99. The van der Waals surface area contributed by atoms with Crippen molar-refractivity contribution in [2.24, 2.45) is 11.3 Å². The van der Waals surface area contributed by atoms with Gasteiger partial charge in [0.05, 0.1) is 23.5 Å². The van der Waals surface area contributed by atoms with Crippen molar-refractivity contribution in [3.63, 3.8) is 0 Å². The molecule has 0 heterocycles. The fourth-order valence-corrected chi connectivity index (χ4v) is 2.30. The zero-order chi connectivity index (χ0) is 12.5. The quantitative estimate of drug-likeness (QED) is 0.532. The number of hydrogen-bond donors (Lipinski definition) is 1. The number of thiol groups is 1. The van der Waals surface area contributed by atoms with E-state index in [0.717, 1.165) is 6.42 Å². The first kappa shape index (κ1) is 15.5. The first-order chi connectivity index (χ1) is 6.48. The smallest absolute Gasteiger partial charge is 0.0896 e. The summed E-state index contributed by atoms with van der Waals surface area (Å²) in [6.07, 6.45) is 1.47. The lowest BCUT2D eigenvalue weighted by atomic mass is 9.36. The van der Waals surface area contributed by atoms with E-state index in [4.69, 9.17) is 23.5 Å². The molecule has 0 aromatic carbocycles. The Balaban J connectivity index is 5.00. The standard InChI is InChI=1S/C11H21B3S/c1-6-10(12,13)9(4,5)11(14,15)7-8(2)3/h8,15H,6-7H2,1-5H3. The van der Waals surface area contributed by atoms with E-state index in [9.17, 15) is 0 Å². The molecule has 0 amide bonds. The van der Waals surface area contributed by atoms with Crippen LogP contribution < -0.4 is 0 Å². The van der Waals surface area contributed by atoms with E-state index in [1.165, 1.54) is 0 Å². The van der Waals surface area contributed by atoms with Crippen molar-refractivity contribution in [2.75, 3.05) is 0 Å². The van der Waals surface area contributed by atoms with Crippen molar-refractivity contribution in [1.29, 1.82) is 0 Å². The summed E-state index contributed by atoms with van der Waals surface area (Å²) in [6.45, 7) is 10.2. The highest BCUT2D eigenvalue weighted by molar-refractivity contribution is 7.83. The second-order valence-corrected chi connectivity index (χ2v) is 6.34. The SMILES string of the molecule is [B]C([B])(CC)C(C)(C)C([B])(S)CC(C)C. The van der Waals surface area contributed by atoms with Crippen LogP contribution in [0.5, 0.6) is 0 Å². The van der Waals surface area contributed by atoms with E-state index in [1.807, 2.05) is 20.8 Å². The van der Waals surface area contributed by atoms with Crippen LogP contribution >= 0.6 is 12.6 Å². The molecule has 15 heavy (non-hydrogen) atoms. The molecule has 4 heteroatoms. The lowest BCUT2D eigenvalue weighted by Crippen LogP contribution is -2.49.